The summed E-state index contributed by atoms with van der Waals surface area (Å²) in [6.07, 6.45) is 3.11. The van der Waals surface area contributed by atoms with Crippen LogP contribution in [0.25, 0.3) is 23.2 Å². The van der Waals surface area contributed by atoms with Gasteiger partial charge in [0.15, 0.2) is 5.82 Å². The van der Waals surface area contributed by atoms with E-state index in [-0.39, 0.29) is 5.70 Å². The largest absolute Gasteiger partial charge is 0.495 e. The number of methoxy groups -OCH3 is 1. The zero-order valence-electron chi connectivity index (χ0n) is 16.4. The molecule has 8 heteroatoms. The minimum absolute atomic E-state index is 0.192. The quantitative estimate of drug-likeness (QED) is 0.493. The van der Waals surface area contributed by atoms with Gasteiger partial charge in [-0.05, 0) is 47.2 Å². The van der Waals surface area contributed by atoms with E-state index in [2.05, 4.69) is 20.8 Å². The summed E-state index contributed by atoms with van der Waals surface area (Å²) in [4.78, 5) is 13.3. The molecule has 30 heavy (non-hydrogen) atoms. The number of aromatic nitrogens is 4. The van der Waals surface area contributed by atoms with E-state index >= 15 is 0 Å². The molecule has 4 aromatic rings. The highest BCUT2D eigenvalue weighted by Gasteiger charge is 2.21. The topological polar surface area (TPSA) is 95.1 Å². The fourth-order valence-corrected chi connectivity index (χ4v) is 2.95. The maximum Gasteiger partial charge on any atom is 0.274 e. The van der Waals surface area contributed by atoms with Gasteiger partial charge in [-0.1, -0.05) is 36.4 Å². The van der Waals surface area contributed by atoms with Crippen molar-refractivity contribution < 1.29 is 13.9 Å². The highest BCUT2D eigenvalue weighted by atomic mass is 16.5. The highest BCUT2D eigenvalue weighted by Crippen LogP contribution is 2.27. The van der Waals surface area contributed by atoms with E-state index in [0.29, 0.717) is 23.0 Å². The summed E-state index contributed by atoms with van der Waals surface area (Å²) in [6, 6.07) is 18.4. The van der Waals surface area contributed by atoms with Crippen LogP contribution in [0, 0.1) is 6.92 Å². The number of aryl methyl sites for hydroxylation is 1. The molecule has 4 rings (SSSR count). The summed E-state index contributed by atoms with van der Waals surface area (Å²) in [6.45, 7) is 1.93. The molecule has 0 saturated carbocycles. The highest BCUT2D eigenvalue weighted by molar-refractivity contribution is 6.24. The van der Waals surface area contributed by atoms with Crippen molar-refractivity contribution in [2.24, 2.45) is 0 Å². The first kappa shape index (κ1) is 19.1. The molecule has 1 N–H and O–H groups in total. The zero-order chi connectivity index (χ0) is 20.9. The minimum Gasteiger partial charge on any atom is -0.495 e. The monoisotopic (exact) mass is 401 g/mol. The minimum atomic E-state index is -0.417. The van der Waals surface area contributed by atoms with E-state index < -0.39 is 5.91 Å². The van der Waals surface area contributed by atoms with Crippen molar-refractivity contribution in [3.05, 3.63) is 78.3 Å². The van der Waals surface area contributed by atoms with Crippen molar-refractivity contribution in [1.29, 1.82) is 0 Å². The lowest BCUT2D eigenvalue weighted by Crippen LogP contribution is -2.19. The van der Waals surface area contributed by atoms with Crippen molar-refractivity contribution in [2.75, 3.05) is 12.4 Å². The lowest BCUT2D eigenvalue weighted by atomic mass is 10.2. The molecule has 0 aliphatic rings. The average molecular weight is 401 g/mol. The molecule has 2 heterocycles. The first-order valence-corrected chi connectivity index (χ1v) is 9.21. The van der Waals surface area contributed by atoms with Gasteiger partial charge in [0.05, 0.1) is 19.1 Å². The maximum atomic E-state index is 13.3. The standard InChI is InChI=1S/C22H19N5O3/c1-15-10-11-20(29-2)18(13-15)23-22(28)19(14-17-9-6-12-30-17)27-21(24-25-26-27)16-7-4-3-5-8-16/h3-14H,1-2H3,(H,23,28)/b19-14-. The lowest BCUT2D eigenvalue weighted by molar-refractivity contribution is -0.111. The number of carbonyl (C=O) groups is 1. The van der Waals surface area contributed by atoms with Gasteiger partial charge < -0.3 is 14.5 Å². The molecule has 150 valence electrons. The molecule has 0 aliphatic carbocycles. The smallest absolute Gasteiger partial charge is 0.274 e. The number of carbonyl (C=O) groups excluding carboxylic acids is 1. The van der Waals surface area contributed by atoms with Crippen molar-refractivity contribution in [3.63, 3.8) is 0 Å². The number of tetrazole rings is 1. The Hall–Kier alpha value is -4.20. The molecular weight excluding hydrogens is 382 g/mol. The second-order valence-electron chi connectivity index (χ2n) is 6.48. The Morgan fingerprint density at radius 1 is 1.13 bits per heavy atom. The van der Waals surface area contributed by atoms with Gasteiger partial charge in [-0.3, -0.25) is 4.79 Å². The van der Waals surface area contributed by atoms with E-state index in [4.69, 9.17) is 9.15 Å². The van der Waals surface area contributed by atoms with Crippen molar-refractivity contribution in [3.8, 4) is 17.1 Å². The molecule has 0 unspecified atom stereocenters. The number of anilines is 1. The van der Waals surface area contributed by atoms with Crippen LogP contribution in [0.2, 0.25) is 0 Å². The summed E-state index contributed by atoms with van der Waals surface area (Å²) in [5, 5.41) is 14.8. The van der Waals surface area contributed by atoms with Gasteiger partial charge in [0.1, 0.15) is 17.2 Å². The molecule has 0 saturated heterocycles. The molecular formula is C22H19N5O3. The Balaban J connectivity index is 1.77. The van der Waals surface area contributed by atoms with E-state index in [9.17, 15) is 4.79 Å². The summed E-state index contributed by atoms with van der Waals surface area (Å²) in [5.74, 6) is 1.05. The third kappa shape index (κ3) is 3.97. The summed E-state index contributed by atoms with van der Waals surface area (Å²) in [5.41, 5.74) is 2.49. The number of amides is 1. The number of nitrogens with one attached hydrogen (secondary N) is 1. The fraction of sp³-hybridized carbons (Fsp3) is 0.0909. The van der Waals surface area contributed by atoms with Crippen LogP contribution in [-0.4, -0.2) is 33.2 Å². The van der Waals surface area contributed by atoms with Gasteiger partial charge >= 0.3 is 0 Å². The molecule has 0 radical (unpaired) electrons. The van der Waals surface area contributed by atoms with Gasteiger partial charge in [0.2, 0.25) is 0 Å². The van der Waals surface area contributed by atoms with Crippen LogP contribution in [-0.2, 0) is 4.79 Å². The second kappa shape index (κ2) is 8.44. The Morgan fingerprint density at radius 3 is 2.70 bits per heavy atom. The van der Waals surface area contributed by atoms with Crippen LogP contribution in [0.3, 0.4) is 0 Å². The third-order valence-corrected chi connectivity index (χ3v) is 4.39. The molecule has 0 fully saturated rings. The third-order valence-electron chi connectivity index (χ3n) is 4.39. The molecule has 2 aromatic heterocycles. The molecule has 1 amide bonds. The number of hydrogen-bond acceptors (Lipinski definition) is 6. The first-order chi connectivity index (χ1) is 14.7. The normalized spacial score (nSPS) is 11.3. The van der Waals surface area contributed by atoms with Gasteiger partial charge in [-0.2, -0.15) is 4.68 Å². The number of furan rings is 1. The van der Waals surface area contributed by atoms with Crippen LogP contribution >= 0.6 is 0 Å². The Morgan fingerprint density at radius 2 is 1.97 bits per heavy atom. The summed E-state index contributed by atoms with van der Waals surface area (Å²) >= 11 is 0. The summed E-state index contributed by atoms with van der Waals surface area (Å²) < 4.78 is 12.2. The zero-order valence-corrected chi connectivity index (χ0v) is 16.4. The van der Waals surface area contributed by atoms with Crippen molar-refractivity contribution in [2.45, 2.75) is 6.92 Å². The predicted molar refractivity (Wildman–Crippen MR) is 112 cm³/mol. The Bertz CT molecular complexity index is 1180. The van der Waals surface area contributed by atoms with E-state index in [0.717, 1.165) is 11.1 Å². The number of nitrogens with zero attached hydrogens (tertiary/aromatic N) is 4. The number of benzene rings is 2. The molecule has 2 aromatic carbocycles. The molecule has 0 aliphatic heterocycles. The van der Waals surface area contributed by atoms with E-state index in [1.54, 1.807) is 31.4 Å². The predicted octanol–water partition coefficient (Wildman–Crippen LogP) is 3.89. The van der Waals surface area contributed by atoms with Crippen LogP contribution in [0.1, 0.15) is 11.3 Å². The number of hydrogen-bond donors (Lipinski definition) is 1. The SMILES string of the molecule is COc1ccc(C)cc1NC(=O)/C(=C/c1ccco1)n1nnnc1-c1ccccc1. The van der Waals surface area contributed by atoms with Crippen LogP contribution < -0.4 is 10.1 Å². The van der Waals surface area contributed by atoms with E-state index in [1.165, 1.54) is 10.9 Å². The van der Waals surface area contributed by atoms with E-state index in [1.807, 2.05) is 49.4 Å². The van der Waals surface area contributed by atoms with Crippen LogP contribution in [0.4, 0.5) is 5.69 Å². The van der Waals surface area contributed by atoms with Crippen molar-refractivity contribution in [1.82, 2.24) is 20.2 Å². The fourth-order valence-electron chi connectivity index (χ4n) is 2.95. The first-order valence-electron chi connectivity index (χ1n) is 9.21. The number of rotatable bonds is 6. The molecule has 0 spiro atoms. The van der Waals surface area contributed by atoms with Gasteiger partial charge in [-0.25, -0.2) is 0 Å². The molecule has 0 bridgehead atoms. The Kier molecular flexibility index (Phi) is 5.38. The van der Waals surface area contributed by atoms with Crippen LogP contribution in [0.15, 0.2) is 71.3 Å². The second-order valence-corrected chi connectivity index (χ2v) is 6.48. The summed E-state index contributed by atoms with van der Waals surface area (Å²) in [7, 11) is 1.55. The lowest BCUT2D eigenvalue weighted by Gasteiger charge is -2.13. The van der Waals surface area contributed by atoms with Crippen molar-refractivity contribution >= 4 is 23.4 Å². The van der Waals surface area contributed by atoms with Gasteiger partial charge in [0, 0.05) is 11.6 Å². The molecule has 0 atom stereocenters. The Labute approximate surface area is 172 Å². The molecule has 8 nitrogen and oxygen atoms in total. The van der Waals surface area contributed by atoms with Crippen LogP contribution in [0.5, 0.6) is 5.75 Å². The maximum absolute atomic E-state index is 13.3. The average Bonchev–Trinajstić information content (AvgIpc) is 3.45. The van der Waals surface area contributed by atoms with Gasteiger partial charge in [-0.15, -0.1) is 5.10 Å². The number of ether oxygens (including phenoxy) is 1. The van der Waals surface area contributed by atoms with Gasteiger partial charge in [0.25, 0.3) is 5.91 Å².